The summed E-state index contributed by atoms with van der Waals surface area (Å²) in [5.74, 6) is 0. The van der Waals surface area contributed by atoms with Crippen molar-refractivity contribution in [2.75, 3.05) is 0 Å². The SMILES string of the molecule is N#CC1=CNC(=O)NC=C1. The van der Waals surface area contributed by atoms with E-state index in [-0.39, 0.29) is 6.03 Å². The number of urea groups is 1. The molecular formula is C6H5N3O. The van der Waals surface area contributed by atoms with Crippen LogP contribution in [0, 0.1) is 11.3 Å². The zero-order valence-corrected chi connectivity index (χ0v) is 5.09. The van der Waals surface area contributed by atoms with Crippen molar-refractivity contribution >= 4 is 6.03 Å². The molecule has 0 aromatic carbocycles. The molecule has 1 heterocycles. The van der Waals surface area contributed by atoms with Crippen molar-refractivity contribution in [2.45, 2.75) is 0 Å². The van der Waals surface area contributed by atoms with E-state index >= 15 is 0 Å². The number of hydrogen-bond donors (Lipinski definition) is 2. The van der Waals surface area contributed by atoms with Gasteiger partial charge in [0.2, 0.25) is 0 Å². The molecule has 0 aliphatic carbocycles. The summed E-state index contributed by atoms with van der Waals surface area (Å²) in [4.78, 5) is 10.5. The third kappa shape index (κ3) is 1.36. The molecule has 0 radical (unpaired) electrons. The van der Waals surface area contributed by atoms with Crippen LogP contribution in [0.25, 0.3) is 0 Å². The fourth-order valence-corrected chi connectivity index (χ4v) is 0.510. The first-order valence-electron chi connectivity index (χ1n) is 2.67. The fraction of sp³-hybridized carbons (Fsp3) is 0. The van der Waals surface area contributed by atoms with E-state index < -0.39 is 0 Å². The van der Waals surface area contributed by atoms with Gasteiger partial charge in [-0.05, 0) is 6.08 Å². The van der Waals surface area contributed by atoms with Gasteiger partial charge in [0, 0.05) is 12.4 Å². The summed E-state index contributed by atoms with van der Waals surface area (Å²) >= 11 is 0. The zero-order valence-electron chi connectivity index (χ0n) is 5.09. The normalized spacial score (nSPS) is 15.9. The highest BCUT2D eigenvalue weighted by Gasteiger charge is 1.98. The van der Waals surface area contributed by atoms with Crippen molar-refractivity contribution in [3.8, 4) is 6.07 Å². The Morgan fingerprint density at radius 1 is 1.50 bits per heavy atom. The van der Waals surface area contributed by atoms with E-state index in [4.69, 9.17) is 5.26 Å². The van der Waals surface area contributed by atoms with E-state index in [9.17, 15) is 4.79 Å². The van der Waals surface area contributed by atoms with Crippen LogP contribution in [0.1, 0.15) is 0 Å². The third-order valence-corrected chi connectivity index (χ3v) is 0.965. The summed E-state index contributed by atoms with van der Waals surface area (Å²) in [6.07, 6.45) is 4.27. The molecule has 0 fully saturated rings. The van der Waals surface area contributed by atoms with E-state index in [1.54, 1.807) is 0 Å². The highest BCUT2D eigenvalue weighted by Crippen LogP contribution is 1.93. The molecule has 2 amide bonds. The Kier molecular flexibility index (Phi) is 1.71. The lowest BCUT2D eigenvalue weighted by Crippen LogP contribution is -2.26. The van der Waals surface area contributed by atoms with Crippen molar-refractivity contribution in [3.63, 3.8) is 0 Å². The van der Waals surface area contributed by atoms with E-state index in [1.165, 1.54) is 18.5 Å². The maximum absolute atomic E-state index is 10.5. The molecule has 2 N–H and O–H groups in total. The number of carbonyl (C=O) groups is 1. The summed E-state index contributed by atoms with van der Waals surface area (Å²) in [5, 5.41) is 13.1. The molecule has 1 aliphatic rings. The number of nitriles is 1. The van der Waals surface area contributed by atoms with Crippen molar-refractivity contribution in [1.29, 1.82) is 5.26 Å². The number of hydrogen-bond acceptors (Lipinski definition) is 2. The van der Waals surface area contributed by atoms with E-state index in [1.807, 2.05) is 6.07 Å². The molecular weight excluding hydrogens is 130 g/mol. The Morgan fingerprint density at radius 3 is 3.00 bits per heavy atom. The Hall–Kier alpha value is -1.76. The first kappa shape index (κ1) is 6.36. The lowest BCUT2D eigenvalue weighted by molar-refractivity contribution is 0.247. The Labute approximate surface area is 57.8 Å². The average Bonchev–Trinajstić information content (AvgIpc) is 2.14. The molecule has 0 atom stereocenters. The van der Waals surface area contributed by atoms with Gasteiger partial charge in [-0.25, -0.2) is 4.79 Å². The van der Waals surface area contributed by atoms with E-state index in [2.05, 4.69) is 10.6 Å². The predicted molar refractivity (Wildman–Crippen MR) is 34.5 cm³/mol. The second-order valence-electron chi connectivity index (χ2n) is 1.66. The van der Waals surface area contributed by atoms with Crippen LogP contribution in [0.15, 0.2) is 24.0 Å². The fourth-order valence-electron chi connectivity index (χ4n) is 0.510. The van der Waals surface area contributed by atoms with Crippen LogP contribution in [0.5, 0.6) is 0 Å². The van der Waals surface area contributed by atoms with Crippen LogP contribution in [0.3, 0.4) is 0 Å². The molecule has 0 aromatic rings. The Balaban J connectivity index is 2.78. The monoisotopic (exact) mass is 135 g/mol. The maximum atomic E-state index is 10.5. The summed E-state index contributed by atoms with van der Waals surface area (Å²) in [7, 11) is 0. The molecule has 4 nitrogen and oxygen atoms in total. The number of rotatable bonds is 0. The quantitative estimate of drug-likeness (QED) is 0.499. The topological polar surface area (TPSA) is 64.9 Å². The smallest absolute Gasteiger partial charge is 0.314 e. The van der Waals surface area contributed by atoms with Gasteiger partial charge in [-0.15, -0.1) is 0 Å². The van der Waals surface area contributed by atoms with Gasteiger partial charge in [0.15, 0.2) is 0 Å². The number of nitrogens with zero attached hydrogens (tertiary/aromatic N) is 1. The Bertz CT molecular complexity index is 246. The molecule has 0 spiro atoms. The summed E-state index contributed by atoms with van der Waals surface area (Å²) < 4.78 is 0. The number of nitrogens with one attached hydrogen (secondary N) is 2. The van der Waals surface area contributed by atoms with Gasteiger partial charge in [0.05, 0.1) is 5.57 Å². The van der Waals surface area contributed by atoms with Gasteiger partial charge in [-0.2, -0.15) is 5.26 Å². The largest absolute Gasteiger partial charge is 0.322 e. The molecule has 0 aromatic heterocycles. The Morgan fingerprint density at radius 2 is 2.30 bits per heavy atom. The molecule has 1 aliphatic heterocycles. The summed E-state index contributed by atoms with van der Waals surface area (Å²) in [6, 6.07) is 1.55. The standard InChI is InChI=1S/C6H5N3O/c7-3-5-1-2-8-6(10)9-4-5/h1-2,4H,(H2,8,9,10). The van der Waals surface area contributed by atoms with Crippen molar-refractivity contribution in [2.24, 2.45) is 0 Å². The van der Waals surface area contributed by atoms with Crippen molar-refractivity contribution < 1.29 is 4.79 Å². The summed E-state index contributed by atoms with van der Waals surface area (Å²) in [5.41, 5.74) is 0.415. The van der Waals surface area contributed by atoms with E-state index in [0.29, 0.717) is 5.57 Å². The second-order valence-corrected chi connectivity index (χ2v) is 1.66. The maximum Gasteiger partial charge on any atom is 0.322 e. The second kappa shape index (κ2) is 2.69. The van der Waals surface area contributed by atoms with Gasteiger partial charge in [-0.1, -0.05) is 0 Å². The average molecular weight is 135 g/mol. The molecule has 0 unspecified atom stereocenters. The van der Waals surface area contributed by atoms with Gasteiger partial charge in [-0.3, -0.25) is 0 Å². The molecule has 0 bridgehead atoms. The van der Waals surface area contributed by atoms with Crippen LogP contribution in [-0.4, -0.2) is 6.03 Å². The number of amides is 2. The lowest BCUT2D eigenvalue weighted by Gasteiger charge is -1.92. The van der Waals surface area contributed by atoms with E-state index in [0.717, 1.165) is 0 Å². The molecule has 4 heteroatoms. The van der Waals surface area contributed by atoms with Crippen LogP contribution < -0.4 is 10.6 Å². The minimum absolute atomic E-state index is 0.332. The predicted octanol–water partition coefficient (Wildman–Crippen LogP) is 0.220. The first-order chi connectivity index (χ1) is 4.83. The number of carbonyl (C=O) groups excluding carboxylic acids is 1. The third-order valence-electron chi connectivity index (χ3n) is 0.965. The molecule has 1 rings (SSSR count). The molecule has 10 heavy (non-hydrogen) atoms. The molecule has 0 saturated carbocycles. The van der Waals surface area contributed by atoms with Crippen LogP contribution in [0.4, 0.5) is 4.79 Å². The van der Waals surface area contributed by atoms with Crippen molar-refractivity contribution in [3.05, 3.63) is 24.0 Å². The van der Waals surface area contributed by atoms with Gasteiger partial charge < -0.3 is 10.6 Å². The number of allylic oxidation sites excluding steroid dienone is 2. The van der Waals surface area contributed by atoms with Crippen molar-refractivity contribution in [1.82, 2.24) is 10.6 Å². The highest BCUT2D eigenvalue weighted by atomic mass is 16.2. The minimum Gasteiger partial charge on any atom is -0.314 e. The summed E-state index contributed by atoms with van der Waals surface area (Å²) in [6.45, 7) is 0. The minimum atomic E-state index is -0.332. The van der Waals surface area contributed by atoms with Gasteiger partial charge >= 0.3 is 6.03 Å². The lowest BCUT2D eigenvalue weighted by atomic mass is 10.3. The highest BCUT2D eigenvalue weighted by molar-refractivity contribution is 5.77. The first-order valence-corrected chi connectivity index (χ1v) is 2.67. The zero-order chi connectivity index (χ0) is 7.40. The molecule has 0 saturated heterocycles. The van der Waals surface area contributed by atoms with Crippen LogP contribution >= 0.6 is 0 Å². The van der Waals surface area contributed by atoms with Crippen LogP contribution in [0.2, 0.25) is 0 Å². The van der Waals surface area contributed by atoms with Gasteiger partial charge in [0.1, 0.15) is 6.07 Å². The molecule has 50 valence electrons. The van der Waals surface area contributed by atoms with Gasteiger partial charge in [0.25, 0.3) is 0 Å². The van der Waals surface area contributed by atoms with Crippen LogP contribution in [-0.2, 0) is 0 Å².